The number of hydrogen-bond acceptors (Lipinski definition) is 1. The van der Waals surface area contributed by atoms with Gasteiger partial charge in [0.05, 0.1) is 0 Å². The van der Waals surface area contributed by atoms with Gasteiger partial charge in [0, 0.05) is 17.6 Å². The average molecular weight is 342 g/mol. The molecule has 0 aliphatic heterocycles. The molecule has 1 unspecified atom stereocenters. The molecule has 1 nitrogen and oxygen atoms in total. The van der Waals surface area contributed by atoms with Gasteiger partial charge in [-0.3, -0.25) is 0 Å². The first-order valence-electron chi connectivity index (χ1n) is 8.82. The summed E-state index contributed by atoms with van der Waals surface area (Å²) in [4.78, 5) is 0. The lowest BCUT2D eigenvalue weighted by atomic mass is 10.1. The van der Waals surface area contributed by atoms with Crippen LogP contribution in [0.2, 0.25) is 0 Å². The minimum atomic E-state index is 0.280. The fraction of sp³-hybridized carbons (Fsp3) is 0.364. The van der Waals surface area contributed by atoms with Crippen LogP contribution in [-0.4, -0.2) is 11.9 Å². The Morgan fingerprint density at radius 2 is 1.58 bits per heavy atom. The number of alkyl halides is 1. The van der Waals surface area contributed by atoms with E-state index in [9.17, 15) is 0 Å². The molecule has 2 aromatic carbocycles. The van der Waals surface area contributed by atoms with E-state index in [1.54, 1.807) is 0 Å². The van der Waals surface area contributed by atoms with Crippen LogP contribution >= 0.6 is 11.6 Å². The molecular weight excluding hydrogens is 314 g/mol. The number of halogens is 1. The molecule has 0 saturated carbocycles. The third-order valence-electron chi connectivity index (χ3n) is 4.30. The summed E-state index contributed by atoms with van der Waals surface area (Å²) in [5.74, 6) is 0. The number of aryl methyl sites for hydroxylation is 2. The van der Waals surface area contributed by atoms with Crippen molar-refractivity contribution in [2.24, 2.45) is 0 Å². The SMILES string of the molecule is CCCC(Cl)CCNc1ccc(C=Cc2ccc(C)c(C)c2)cc1. The first kappa shape index (κ1) is 18.6. The van der Waals surface area contributed by atoms with Crippen LogP contribution in [0.15, 0.2) is 42.5 Å². The zero-order valence-corrected chi connectivity index (χ0v) is 15.7. The van der Waals surface area contributed by atoms with Crippen molar-refractivity contribution in [2.75, 3.05) is 11.9 Å². The normalized spacial score (nSPS) is 12.5. The Morgan fingerprint density at radius 1 is 0.917 bits per heavy atom. The molecule has 0 spiro atoms. The summed E-state index contributed by atoms with van der Waals surface area (Å²) in [6, 6.07) is 15.1. The Balaban J connectivity index is 1.87. The predicted octanol–water partition coefficient (Wildman–Crippen LogP) is 6.68. The topological polar surface area (TPSA) is 12.0 Å². The van der Waals surface area contributed by atoms with E-state index in [-0.39, 0.29) is 5.38 Å². The van der Waals surface area contributed by atoms with Crippen LogP contribution in [0.25, 0.3) is 12.2 Å². The number of anilines is 1. The van der Waals surface area contributed by atoms with E-state index < -0.39 is 0 Å². The lowest BCUT2D eigenvalue weighted by molar-refractivity contribution is 0.694. The summed E-state index contributed by atoms with van der Waals surface area (Å²) in [5.41, 5.74) is 6.26. The summed E-state index contributed by atoms with van der Waals surface area (Å²) >= 11 is 6.24. The van der Waals surface area contributed by atoms with E-state index in [4.69, 9.17) is 11.6 Å². The summed E-state index contributed by atoms with van der Waals surface area (Å²) in [7, 11) is 0. The van der Waals surface area contributed by atoms with Crippen LogP contribution in [0, 0.1) is 13.8 Å². The third-order valence-corrected chi connectivity index (χ3v) is 4.73. The summed E-state index contributed by atoms with van der Waals surface area (Å²) in [6.45, 7) is 7.39. The summed E-state index contributed by atoms with van der Waals surface area (Å²) in [5, 5.41) is 3.72. The van der Waals surface area contributed by atoms with Gasteiger partial charge in [0.15, 0.2) is 0 Å². The van der Waals surface area contributed by atoms with Crippen LogP contribution < -0.4 is 5.32 Å². The molecule has 0 amide bonds. The summed E-state index contributed by atoms with van der Waals surface area (Å²) in [6.07, 6.45) is 7.56. The van der Waals surface area contributed by atoms with Gasteiger partial charge in [-0.15, -0.1) is 11.6 Å². The van der Waals surface area contributed by atoms with Gasteiger partial charge in [-0.05, 0) is 61.1 Å². The highest BCUT2D eigenvalue weighted by molar-refractivity contribution is 6.20. The van der Waals surface area contributed by atoms with E-state index in [0.29, 0.717) is 0 Å². The number of hydrogen-bond donors (Lipinski definition) is 1. The van der Waals surface area contributed by atoms with E-state index in [1.165, 1.54) is 22.3 Å². The zero-order chi connectivity index (χ0) is 17.4. The predicted molar refractivity (Wildman–Crippen MR) is 109 cm³/mol. The Hall–Kier alpha value is -1.73. The van der Waals surface area contributed by atoms with Gasteiger partial charge in [-0.25, -0.2) is 0 Å². The molecule has 0 aliphatic carbocycles. The molecule has 0 aromatic heterocycles. The molecule has 2 aromatic rings. The van der Waals surface area contributed by atoms with Gasteiger partial charge in [-0.1, -0.05) is 55.8 Å². The highest BCUT2D eigenvalue weighted by Crippen LogP contribution is 2.16. The maximum Gasteiger partial charge on any atom is 0.0352 e. The third kappa shape index (κ3) is 6.05. The zero-order valence-electron chi connectivity index (χ0n) is 15.0. The van der Waals surface area contributed by atoms with Gasteiger partial charge in [0.25, 0.3) is 0 Å². The fourth-order valence-corrected chi connectivity index (χ4v) is 2.93. The van der Waals surface area contributed by atoms with Crippen molar-refractivity contribution in [2.45, 2.75) is 45.4 Å². The Bertz CT molecular complexity index is 658. The van der Waals surface area contributed by atoms with Crippen molar-refractivity contribution in [3.8, 4) is 0 Å². The molecule has 0 aliphatic rings. The molecule has 2 heteroatoms. The fourth-order valence-electron chi connectivity index (χ4n) is 2.60. The minimum Gasteiger partial charge on any atom is -0.385 e. The second-order valence-electron chi connectivity index (χ2n) is 6.40. The monoisotopic (exact) mass is 341 g/mol. The van der Waals surface area contributed by atoms with Gasteiger partial charge in [0.1, 0.15) is 0 Å². The van der Waals surface area contributed by atoms with E-state index >= 15 is 0 Å². The number of nitrogens with one attached hydrogen (secondary N) is 1. The van der Waals surface area contributed by atoms with Gasteiger partial charge >= 0.3 is 0 Å². The molecular formula is C22H28ClN. The number of benzene rings is 2. The van der Waals surface area contributed by atoms with Crippen LogP contribution in [0.3, 0.4) is 0 Å². The van der Waals surface area contributed by atoms with Crippen LogP contribution in [0.4, 0.5) is 5.69 Å². The van der Waals surface area contributed by atoms with Crippen molar-refractivity contribution in [3.63, 3.8) is 0 Å². The highest BCUT2D eigenvalue weighted by Gasteiger charge is 2.02. The smallest absolute Gasteiger partial charge is 0.0352 e. The molecule has 0 radical (unpaired) electrons. The first-order valence-corrected chi connectivity index (χ1v) is 9.25. The molecule has 1 N–H and O–H groups in total. The lowest BCUT2D eigenvalue weighted by Gasteiger charge is -2.10. The second-order valence-corrected chi connectivity index (χ2v) is 7.02. The van der Waals surface area contributed by atoms with E-state index in [0.717, 1.165) is 31.5 Å². The Labute approximate surface area is 151 Å². The quantitative estimate of drug-likeness (QED) is 0.417. The Kier molecular flexibility index (Phi) is 7.39. The molecule has 0 fully saturated rings. The molecule has 1 atom stereocenters. The number of rotatable bonds is 8. The van der Waals surface area contributed by atoms with Crippen LogP contribution in [0.5, 0.6) is 0 Å². The molecule has 0 bridgehead atoms. The van der Waals surface area contributed by atoms with Crippen molar-refractivity contribution in [3.05, 3.63) is 64.7 Å². The largest absolute Gasteiger partial charge is 0.385 e. The maximum atomic E-state index is 6.24. The van der Waals surface area contributed by atoms with Crippen molar-refractivity contribution in [1.29, 1.82) is 0 Å². The minimum absolute atomic E-state index is 0.280. The molecule has 2 rings (SSSR count). The first-order chi connectivity index (χ1) is 11.6. The molecule has 24 heavy (non-hydrogen) atoms. The maximum absolute atomic E-state index is 6.24. The second kappa shape index (κ2) is 9.54. The Morgan fingerprint density at radius 3 is 2.25 bits per heavy atom. The van der Waals surface area contributed by atoms with E-state index in [2.05, 4.69) is 80.7 Å². The standard InChI is InChI=1S/C22H28ClN/c1-4-5-21(23)14-15-24-22-12-10-19(11-13-22)8-9-20-7-6-17(2)18(3)16-20/h6-13,16,21,24H,4-5,14-15H2,1-3H3. The van der Waals surface area contributed by atoms with Crippen LogP contribution in [0.1, 0.15) is 48.4 Å². The molecule has 0 saturated heterocycles. The lowest BCUT2D eigenvalue weighted by Crippen LogP contribution is -2.08. The van der Waals surface area contributed by atoms with Gasteiger partial charge in [-0.2, -0.15) is 0 Å². The molecule has 128 valence electrons. The van der Waals surface area contributed by atoms with E-state index in [1.807, 2.05) is 0 Å². The van der Waals surface area contributed by atoms with Crippen molar-refractivity contribution >= 4 is 29.4 Å². The van der Waals surface area contributed by atoms with Crippen molar-refractivity contribution in [1.82, 2.24) is 0 Å². The van der Waals surface area contributed by atoms with Gasteiger partial charge < -0.3 is 5.32 Å². The van der Waals surface area contributed by atoms with Crippen molar-refractivity contribution < 1.29 is 0 Å². The van der Waals surface area contributed by atoms with Crippen LogP contribution in [-0.2, 0) is 0 Å². The summed E-state index contributed by atoms with van der Waals surface area (Å²) < 4.78 is 0. The highest BCUT2D eigenvalue weighted by atomic mass is 35.5. The molecule has 0 heterocycles. The average Bonchev–Trinajstić information content (AvgIpc) is 2.57. The van der Waals surface area contributed by atoms with Gasteiger partial charge in [0.2, 0.25) is 0 Å².